The zero-order chi connectivity index (χ0) is 14.8. The third-order valence-electron chi connectivity index (χ3n) is 3.72. The van der Waals surface area contributed by atoms with Gasteiger partial charge in [0.2, 0.25) is 5.91 Å². The van der Waals surface area contributed by atoms with E-state index < -0.39 is 5.97 Å². The number of hydrogen-bond donors (Lipinski definition) is 3. The summed E-state index contributed by atoms with van der Waals surface area (Å²) >= 11 is 3.30. The molecule has 1 amide bonds. The summed E-state index contributed by atoms with van der Waals surface area (Å²) in [7, 11) is 0. The molecule has 0 aromatic heterocycles. The molecule has 0 aliphatic carbocycles. The minimum Gasteiger partial charge on any atom is -0.478 e. The predicted octanol–water partition coefficient (Wildman–Crippen LogP) is 2.48. The maximum atomic E-state index is 12.4. The van der Waals surface area contributed by atoms with E-state index in [0.717, 1.165) is 25.9 Å². The summed E-state index contributed by atoms with van der Waals surface area (Å²) in [5, 5.41) is 15.0. The Kier molecular flexibility index (Phi) is 4.45. The zero-order valence-electron chi connectivity index (χ0n) is 11.2. The molecule has 1 aliphatic rings. The number of piperidine rings is 1. The van der Waals surface area contributed by atoms with Gasteiger partial charge in [0.1, 0.15) is 0 Å². The zero-order valence-corrected chi connectivity index (χ0v) is 12.8. The molecular weight excluding hydrogens is 324 g/mol. The second kappa shape index (κ2) is 5.93. The SMILES string of the molecule is CC1(C(=O)Nc2ccc(C(=O)O)cc2Br)CCNCC1. The van der Waals surface area contributed by atoms with Crippen molar-refractivity contribution in [3.63, 3.8) is 0 Å². The van der Waals surface area contributed by atoms with Crippen molar-refractivity contribution >= 4 is 33.5 Å². The maximum Gasteiger partial charge on any atom is 0.335 e. The second-order valence-electron chi connectivity index (χ2n) is 5.26. The molecule has 1 fully saturated rings. The van der Waals surface area contributed by atoms with Crippen molar-refractivity contribution < 1.29 is 14.7 Å². The van der Waals surface area contributed by atoms with Crippen LogP contribution in [0.25, 0.3) is 0 Å². The summed E-state index contributed by atoms with van der Waals surface area (Å²) in [4.78, 5) is 23.3. The van der Waals surface area contributed by atoms with Crippen molar-refractivity contribution in [1.82, 2.24) is 5.32 Å². The van der Waals surface area contributed by atoms with Gasteiger partial charge in [-0.1, -0.05) is 6.92 Å². The van der Waals surface area contributed by atoms with Crippen LogP contribution in [0.1, 0.15) is 30.1 Å². The van der Waals surface area contributed by atoms with Gasteiger partial charge in [0.15, 0.2) is 0 Å². The summed E-state index contributed by atoms with van der Waals surface area (Å²) in [6, 6.07) is 4.58. The Morgan fingerprint density at radius 1 is 1.35 bits per heavy atom. The van der Waals surface area contributed by atoms with Crippen LogP contribution in [-0.4, -0.2) is 30.1 Å². The number of benzene rings is 1. The van der Waals surface area contributed by atoms with E-state index in [1.165, 1.54) is 12.1 Å². The molecule has 1 aliphatic heterocycles. The molecule has 0 unspecified atom stereocenters. The van der Waals surface area contributed by atoms with Crippen LogP contribution in [0.3, 0.4) is 0 Å². The van der Waals surface area contributed by atoms with E-state index in [1.807, 2.05) is 6.92 Å². The van der Waals surface area contributed by atoms with E-state index in [-0.39, 0.29) is 16.9 Å². The van der Waals surface area contributed by atoms with Gasteiger partial charge < -0.3 is 15.7 Å². The highest BCUT2D eigenvalue weighted by atomic mass is 79.9. The first-order chi connectivity index (χ1) is 9.42. The van der Waals surface area contributed by atoms with Crippen LogP contribution in [-0.2, 0) is 4.79 Å². The van der Waals surface area contributed by atoms with Crippen LogP contribution in [0, 0.1) is 5.41 Å². The van der Waals surface area contributed by atoms with Crippen molar-refractivity contribution in [2.45, 2.75) is 19.8 Å². The Bertz CT molecular complexity index is 539. The summed E-state index contributed by atoms with van der Waals surface area (Å²) < 4.78 is 0.572. The normalized spacial score (nSPS) is 17.5. The number of carbonyl (C=O) groups excluding carboxylic acids is 1. The van der Waals surface area contributed by atoms with Crippen molar-refractivity contribution in [2.24, 2.45) is 5.41 Å². The molecule has 1 heterocycles. The van der Waals surface area contributed by atoms with Crippen LogP contribution >= 0.6 is 15.9 Å². The van der Waals surface area contributed by atoms with Crippen molar-refractivity contribution in [1.29, 1.82) is 0 Å². The van der Waals surface area contributed by atoms with E-state index >= 15 is 0 Å². The molecule has 1 aromatic rings. The van der Waals surface area contributed by atoms with Gasteiger partial charge in [-0.3, -0.25) is 4.79 Å². The van der Waals surface area contributed by atoms with Crippen LogP contribution in [0.15, 0.2) is 22.7 Å². The highest BCUT2D eigenvalue weighted by molar-refractivity contribution is 9.10. The number of halogens is 1. The average Bonchev–Trinajstić information content (AvgIpc) is 2.41. The highest BCUT2D eigenvalue weighted by Gasteiger charge is 2.34. The third kappa shape index (κ3) is 3.19. The molecule has 0 saturated carbocycles. The van der Waals surface area contributed by atoms with Crippen LogP contribution in [0.5, 0.6) is 0 Å². The van der Waals surface area contributed by atoms with Gasteiger partial charge in [0.05, 0.1) is 11.3 Å². The number of carbonyl (C=O) groups is 2. The Hall–Kier alpha value is -1.40. The molecule has 5 nitrogen and oxygen atoms in total. The lowest BCUT2D eigenvalue weighted by Gasteiger charge is -2.32. The predicted molar refractivity (Wildman–Crippen MR) is 79.9 cm³/mol. The van der Waals surface area contributed by atoms with Crippen LogP contribution in [0.4, 0.5) is 5.69 Å². The van der Waals surface area contributed by atoms with Crippen molar-refractivity contribution in [3.8, 4) is 0 Å². The summed E-state index contributed by atoms with van der Waals surface area (Å²) in [5.74, 6) is -1.02. The van der Waals surface area contributed by atoms with Gasteiger partial charge in [-0.25, -0.2) is 4.79 Å². The minimum atomic E-state index is -0.992. The topological polar surface area (TPSA) is 78.4 Å². The van der Waals surface area contributed by atoms with Crippen LogP contribution in [0.2, 0.25) is 0 Å². The van der Waals surface area contributed by atoms with Gasteiger partial charge >= 0.3 is 5.97 Å². The Morgan fingerprint density at radius 3 is 2.55 bits per heavy atom. The van der Waals surface area contributed by atoms with Crippen molar-refractivity contribution in [3.05, 3.63) is 28.2 Å². The Labute approximate surface area is 125 Å². The van der Waals surface area contributed by atoms with E-state index in [4.69, 9.17) is 5.11 Å². The largest absolute Gasteiger partial charge is 0.478 e. The number of carboxylic acid groups (broad SMARTS) is 1. The van der Waals surface area contributed by atoms with E-state index in [9.17, 15) is 9.59 Å². The molecule has 0 radical (unpaired) electrons. The van der Waals surface area contributed by atoms with E-state index in [0.29, 0.717) is 10.2 Å². The van der Waals surface area contributed by atoms with Gasteiger partial charge in [-0.2, -0.15) is 0 Å². The quantitative estimate of drug-likeness (QED) is 0.789. The fraction of sp³-hybridized carbons (Fsp3) is 0.429. The molecular formula is C14H17BrN2O3. The molecule has 6 heteroatoms. The van der Waals surface area contributed by atoms with Gasteiger partial charge in [-0.15, -0.1) is 0 Å². The third-order valence-corrected chi connectivity index (χ3v) is 4.38. The second-order valence-corrected chi connectivity index (χ2v) is 6.12. The lowest BCUT2D eigenvalue weighted by Crippen LogP contribution is -2.42. The molecule has 0 bridgehead atoms. The lowest BCUT2D eigenvalue weighted by molar-refractivity contribution is -0.126. The first-order valence-electron chi connectivity index (χ1n) is 6.47. The monoisotopic (exact) mass is 340 g/mol. The van der Waals surface area contributed by atoms with Gasteiger partial charge in [0.25, 0.3) is 0 Å². The number of carboxylic acids is 1. The average molecular weight is 341 g/mol. The Morgan fingerprint density at radius 2 is 2.00 bits per heavy atom. The first kappa shape index (κ1) is 15.0. The molecule has 108 valence electrons. The number of nitrogens with one attached hydrogen (secondary N) is 2. The first-order valence-corrected chi connectivity index (χ1v) is 7.27. The number of aromatic carboxylic acids is 1. The molecule has 0 atom stereocenters. The summed E-state index contributed by atoms with van der Waals surface area (Å²) in [6.07, 6.45) is 1.59. The number of hydrogen-bond acceptors (Lipinski definition) is 3. The van der Waals surface area contributed by atoms with E-state index in [2.05, 4.69) is 26.6 Å². The minimum absolute atomic E-state index is 0.0252. The summed E-state index contributed by atoms with van der Waals surface area (Å²) in [5.41, 5.74) is 0.401. The smallest absolute Gasteiger partial charge is 0.335 e. The molecule has 20 heavy (non-hydrogen) atoms. The molecule has 3 N–H and O–H groups in total. The number of amides is 1. The maximum absolute atomic E-state index is 12.4. The standard InChI is InChI=1S/C14H17BrN2O3/c1-14(4-6-16-7-5-14)13(20)17-11-3-2-9(12(18)19)8-10(11)15/h2-3,8,16H,4-7H2,1H3,(H,17,20)(H,18,19). The van der Waals surface area contributed by atoms with E-state index in [1.54, 1.807) is 6.07 Å². The fourth-order valence-corrected chi connectivity index (χ4v) is 2.71. The number of anilines is 1. The molecule has 0 spiro atoms. The molecule has 1 aromatic carbocycles. The fourth-order valence-electron chi connectivity index (χ4n) is 2.23. The number of rotatable bonds is 3. The molecule has 1 saturated heterocycles. The van der Waals surface area contributed by atoms with Crippen molar-refractivity contribution in [2.75, 3.05) is 18.4 Å². The van der Waals surface area contributed by atoms with Gasteiger partial charge in [-0.05, 0) is 60.1 Å². The highest BCUT2D eigenvalue weighted by Crippen LogP contribution is 2.31. The van der Waals surface area contributed by atoms with Gasteiger partial charge in [0, 0.05) is 9.89 Å². The lowest BCUT2D eigenvalue weighted by atomic mass is 9.80. The molecule has 2 rings (SSSR count). The Balaban J connectivity index is 2.13. The van der Waals surface area contributed by atoms with Crippen LogP contribution < -0.4 is 10.6 Å². The summed E-state index contributed by atoms with van der Waals surface area (Å²) in [6.45, 7) is 3.63.